The summed E-state index contributed by atoms with van der Waals surface area (Å²) in [5.41, 5.74) is 5.46. The zero-order valence-electron chi connectivity index (χ0n) is 21.6. The van der Waals surface area contributed by atoms with Gasteiger partial charge in [-0.2, -0.15) is 0 Å². The number of aryl methyl sites for hydroxylation is 3. The fourth-order valence-electron chi connectivity index (χ4n) is 4.97. The van der Waals surface area contributed by atoms with E-state index in [1.165, 1.54) is 12.8 Å². The van der Waals surface area contributed by atoms with Gasteiger partial charge in [0.2, 0.25) is 5.91 Å². The minimum Gasteiger partial charge on any atom is -0.493 e. The molecular formula is C28H35N5O3. The number of nitrogens with one attached hydrogen (secondary N) is 2. The molecule has 1 saturated carbocycles. The molecule has 36 heavy (non-hydrogen) atoms. The van der Waals surface area contributed by atoms with Crippen molar-refractivity contribution >= 4 is 22.8 Å². The molecule has 1 aliphatic carbocycles. The highest BCUT2D eigenvalue weighted by Gasteiger charge is 2.27. The van der Waals surface area contributed by atoms with Gasteiger partial charge in [0.1, 0.15) is 22.8 Å². The lowest BCUT2D eigenvalue weighted by atomic mass is 10.0. The molecule has 2 N–H and O–H groups in total. The second-order valence-corrected chi connectivity index (χ2v) is 10.2. The second kappa shape index (κ2) is 9.91. The summed E-state index contributed by atoms with van der Waals surface area (Å²) in [6.07, 6.45) is 4.47. The van der Waals surface area contributed by atoms with Crippen molar-refractivity contribution in [1.82, 2.24) is 25.2 Å². The van der Waals surface area contributed by atoms with Crippen molar-refractivity contribution in [1.29, 1.82) is 0 Å². The van der Waals surface area contributed by atoms with Gasteiger partial charge in [0.15, 0.2) is 0 Å². The van der Waals surface area contributed by atoms with E-state index < -0.39 is 0 Å². The van der Waals surface area contributed by atoms with Crippen molar-refractivity contribution in [3.63, 3.8) is 0 Å². The Hall–Kier alpha value is -3.42. The SMILES string of the molecule is CCC(=O)N1CCC(NC(=O)c2c(C)[nH]c3c(-c4cc(C)ccc4OCC4CC4)nc(C)nc23)CC1. The molecule has 5 rings (SSSR count). The first-order valence-corrected chi connectivity index (χ1v) is 13.0. The lowest BCUT2D eigenvalue weighted by Gasteiger charge is -2.32. The second-order valence-electron chi connectivity index (χ2n) is 10.2. The minimum atomic E-state index is -0.141. The average Bonchev–Trinajstić information content (AvgIpc) is 3.63. The van der Waals surface area contributed by atoms with Crippen molar-refractivity contribution in [2.24, 2.45) is 5.92 Å². The number of likely N-dealkylation sites (tertiary alicyclic amines) is 1. The van der Waals surface area contributed by atoms with E-state index in [0.717, 1.165) is 46.6 Å². The van der Waals surface area contributed by atoms with Gasteiger partial charge in [-0.3, -0.25) is 9.59 Å². The average molecular weight is 490 g/mol. The van der Waals surface area contributed by atoms with Gasteiger partial charge in [-0.05, 0) is 64.5 Å². The third-order valence-corrected chi connectivity index (χ3v) is 7.22. The van der Waals surface area contributed by atoms with Gasteiger partial charge >= 0.3 is 0 Å². The highest BCUT2D eigenvalue weighted by molar-refractivity contribution is 6.09. The summed E-state index contributed by atoms with van der Waals surface area (Å²) in [5.74, 6) is 2.08. The van der Waals surface area contributed by atoms with E-state index in [1.54, 1.807) is 0 Å². The van der Waals surface area contributed by atoms with Crippen LogP contribution in [0.2, 0.25) is 0 Å². The number of carbonyl (C=O) groups excluding carboxylic acids is 2. The Morgan fingerprint density at radius 3 is 2.56 bits per heavy atom. The molecular weight excluding hydrogens is 454 g/mol. The summed E-state index contributed by atoms with van der Waals surface area (Å²) in [6, 6.07) is 6.18. The predicted molar refractivity (Wildman–Crippen MR) is 139 cm³/mol. The maximum Gasteiger partial charge on any atom is 0.255 e. The lowest BCUT2D eigenvalue weighted by Crippen LogP contribution is -2.46. The molecule has 3 heterocycles. The van der Waals surface area contributed by atoms with Gasteiger partial charge in [-0.25, -0.2) is 9.97 Å². The first kappa shape index (κ1) is 24.3. The van der Waals surface area contributed by atoms with E-state index in [0.29, 0.717) is 48.9 Å². The number of fused-ring (bicyclic) bond motifs is 1. The number of benzene rings is 1. The number of nitrogens with zero attached hydrogens (tertiary/aromatic N) is 3. The summed E-state index contributed by atoms with van der Waals surface area (Å²) < 4.78 is 6.20. The molecule has 0 spiro atoms. The van der Waals surface area contributed by atoms with E-state index >= 15 is 0 Å². The maximum atomic E-state index is 13.4. The number of ether oxygens (including phenoxy) is 1. The van der Waals surface area contributed by atoms with Crippen LogP contribution in [0.4, 0.5) is 0 Å². The molecule has 1 saturated heterocycles. The standard InChI is InChI=1S/C28H35N5O3/c1-5-23(34)33-12-10-20(11-13-33)32-28(35)24-17(3)29-27-25(30-18(4)31-26(24)27)21-14-16(2)6-9-22(21)36-15-19-7-8-19/h6,9,14,19-20,29H,5,7-8,10-13,15H2,1-4H3,(H,32,35). The number of rotatable bonds is 7. The number of aromatic nitrogens is 3. The van der Waals surface area contributed by atoms with Gasteiger partial charge in [-0.1, -0.05) is 18.6 Å². The Balaban J connectivity index is 1.45. The third-order valence-electron chi connectivity index (χ3n) is 7.22. The molecule has 1 aromatic carbocycles. The maximum absolute atomic E-state index is 13.4. The number of carbonyl (C=O) groups is 2. The van der Waals surface area contributed by atoms with Crippen LogP contribution >= 0.6 is 0 Å². The normalized spacial score (nSPS) is 16.4. The Morgan fingerprint density at radius 2 is 1.86 bits per heavy atom. The quantitative estimate of drug-likeness (QED) is 0.510. The predicted octanol–water partition coefficient (Wildman–Crippen LogP) is 4.47. The number of hydrogen-bond acceptors (Lipinski definition) is 5. The highest BCUT2D eigenvalue weighted by Crippen LogP contribution is 2.37. The first-order valence-electron chi connectivity index (χ1n) is 13.0. The molecule has 8 heteroatoms. The molecule has 2 aromatic heterocycles. The largest absolute Gasteiger partial charge is 0.493 e. The van der Waals surface area contributed by atoms with Gasteiger partial charge in [0.05, 0.1) is 17.7 Å². The molecule has 2 amide bonds. The van der Waals surface area contributed by atoms with Crippen LogP contribution in [0.25, 0.3) is 22.3 Å². The van der Waals surface area contributed by atoms with Crippen molar-refractivity contribution in [3.8, 4) is 17.0 Å². The summed E-state index contributed by atoms with van der Waals surface area (Å²) in [6.45, 7) is 9.75. The smallest absolute Gasteiger partial charge is 0.255 e. The zero-order chi connectivity index (χ0) is 25.4. The van der Waals surface area contributed by atoms with E-state index in [1.807, 2.05) is 31.7 Å². The van der Waals surface area contributed by atoms with Crippen molar-refractivity contribution in [2.75, 3.05) is 19.7 Å². The number of H-pyrrole nitrogens is 1. The molecule has 3 aromatic rings. The molecule has 2 aliphatic rings. The molecule has 0 radical (unpaired) electrons. The number of piperidine rings is 1. The Labute approximate surface area is 211 Å². The van der Waals surface area contributed by atoms with Gasteiger partial charge in [0.25, 0.3) is 5.91 Å². The van der Waals surface area contributed by atoms with Crippen molar-refractivity contribution in [2.45, 2.75) is 65.8 Å². The zero-order valence-corrected chi connectivity index (χ0v) is 21.6. The Kier molecular flexibility index (Phi) is 6.69. The van der Waals surface area contributed by atoms with Gasteiger partial charge in [-0.15, -0.1) is 0 Å². The topological polar surface area (TPSA) is 100 Å². The van der Waals surface area contributed by atoms with E-state index in [-0.39, 0.29) is 17.9 Å². The molecule has 8 nitrogen and oxygen atoms in total. The molecule has 0 bridgehead atoms. The van der Waals surface area contributed by atoms with Gasteiger partial charge < -0.3 is 19.9 Å². The summed E-state index contributed by atoms with van der Waals surface area (Å²) >= 11 is 0. The van der Waals surface area contributed by atoms with Crippen LogP contribution in [-0.4, -0.2) is 57.4 Å². The van der Waals surface area contributed by atoms with Crippen LogP contribution in [0.15, 0.2) is 18.2 Å². The summed E-state index contributed by atoms with van der Waals surface area (Å²) in [5, 5.41) is 3.19. The Bertz CT molecular complexity index is 1300. The van der Waals surface area contributed by atoms with Crippen molar-refractivity contribution < 1.29 is 14.3 Å². The minimum absolute atomic E-state index is 0.0318. The van der Waals surface area contributed by atoms with E-state index in [2.05, 4.69) is 34.3 Å². The lowest BCUT2D eigenvalue weighted by molar-refractivity contribution is -0.131. The van der Waals surface area contributed by atoms with E-state index in [9.17, 15) is 9.59 Å². The van der Waals surface area contributed by atoms with Crippen LogP contribution in [0.1, 0.15) is 66.5 Å². The fraction of sp³-hybridized carbons (Fsp3) is 0.500. The van der Waals surface area contributed by atoms with Gasteiger partial charge in [0, 0.05) is 36.8 Å². The molecule has 190 valence electrons. The molecule has 0 unspecified atom stereocenters. The van der Waals surface area contributed by atoms with Crippen LogP contribution in [-0.2, 0) is 4.79 Å². The number of amides is 2. The number of hydrogen-bond donors (Lipinski definition) is 2. The highest BCUT2D eigenvalue weighted by atomic mass is 16.5. The summed E-state index contributed by atoms with van der Waals surface area (Å²) in [7, 11) is 0. The van der Waals surface area contributed by atoms with Crippen LogP contribution in [0.5, 0.6) is 5.75 Å². The van der Waals surface area contributed by atoms with Crippen LogP contribution in [0, 0.1) is 26.7 Å². The number of aromatic amines is 1. The van der Waals surface area contributed by atoms with Crippen LogP contribution < -0.4 is 10.1 Å². The molecule has 0 atom stereocenters. The van der Waals surface area contributed by atoms with Crippen LogP contribution in [0.3, 0.4) is 0 Å². The van der Waals surface area contributed by atoms with E-state index in [4.69, 9.17) is 9.72 Å². The monoisotopic (exact) mass is 489 g/mol. The third kappa shape index (κ3) is 4.94. The molecule has 2 fully saturated rings. The Morgan fingerprint density at radius 1 is 1.11 bits per heavy atom. The first-order chi connectivity index (χ1) is 17.3. The summed E-state index contributed by atoms with van der Waals surface area (Å²) in [4.78, 5) is 40.2. The molecule has 1 aliphatic heterocycles. The van der Waals surface area contributed by atoms with Crippen molar-refractivity contribution in [3.05, 3.63) is 40.8 Å². The fourth-order valence-corrected chi connectivity index (χ4v) is 4.97.